The third-order valence-electron chi connectivity index (χ3n) is 3.39. The number of rotatable bonds is 5. The van der Waals surface area contributed by atoms with Crippen LogP contribution in [0.25, 0.3) is 0 Å². The van der Waals surface area contributed by atoms with E-state index in [0.29, 0.717) is 0 Å². The molecule has 3 heterocycles. The normalized spacial score (nSPS) is 20.4. The molecular weight excluding hydrogens is 274 g/mol. The van der Waals surface area contributed by atoms with Gasteiger partial charge >= 0.3 is 0 Å². The van der Waals surface area contributed by atoms with E-state index in [4.69, 9.17) is 4.74 Å². The number of morpholine rings is 1. The lowest BCUT2D eigenvalue weighted by atomic mass is 10.2. The molecule has 6 nitrogen and oxygen atoms in total. The summed E-state index contributed by atoms with van der Waals surface area (Å²) in [6.07, 6.45) is 4.55. The van der Waals surface area contributed by atoms with E-state index >= 15 is 0 Å². The summed E-state index contributed by atoms with van der Waals surface area (Å²) >= 11 is 1.69. The number of hydrogen-bond acceptors (Lipinski definition) is 6. The molecule has 0 aromatic carbocycles. The van der Waals surface area contributed by atoms with E-state index in [1.807, 2.05) is 11.6 Å². The van der Waals surface area contributed by atoms with Crippen molar-refractivity contribution in [3.8, 4) is 0 Å². The monoisotopic (exact) mass is 293 g/mol. The zero-order valence-electron chi connectivity index (χ0n) is 11.6. The van der Waals surface area contributed by atoms with Crippen molar-refractivity contribution in [2.75, 3.05) is 26.2 Å². The van der Waals surface area contributed by atoms with Gasteiger partial charge in [0.15, 0.2) is 0 Å². The summed E-state index contributed by atoms with van der Waals surface area (Å²) in [4.78, 5) is 10.9. The second kappa shape index (κ2) is 6.43. The molecule has 1 fully saturated rings. The van der Waals surface area contributed by atoms with Crippen LogP contribution in [-0.4, -0.2) is 50.9 Å². The first-order valence-electron chi connectivity index (χ1n) is 6.89. The fraction of sp³-hybridized carbons (Fsp3) is 0.615. The molecule has 20 heavy (non-hydrogen) atoms. The van der Waals surface area contributed by atoms with E-state index in [2.05, 4.69) is 25.3 Å². The summed E-state index contributed by atoms with van der Waals surface area (Å²) < 4.78 is 7.72. The Balaban J connectivity index is 1.48. The van der Waals surface area contributed by atoms with Crippen LogP contribution in [0.1, 0.15) is 23.2 Å². The number of hydrogen-bond donors (Lipinski definition) is 0. The molecule has 3 rings (SSSR count). The van der Waals surface area contributed by atoms with Crippen molar-refractivity contribution in [2.45, 2.75) is 26.0 Å². The van der Waals surface area contributed by atoms with Crippen molar-refractivity contribution in [3.63, 3.8) is 0 Å². The molecule has 2 aromatic rings. The molecule has 0 unspecified atom stereocenters. The van der Waals surface area contributed by atoms with Crippen LogP contribution in [0.5, 0.6) is 0 Å². The zero-order chi connectivity index (χ0) is 13.8. The number of nitrogens with zero attached hydrogens (tertiary/aromatic N) is 5. The Labute approximate surface area is 122 Å². The number of aryl methyl sites for hydroxylation is 2. The Hall–Kier alpha value is -1.31. The minimum Gasteiger partial charge on any atom is -0.368 e. The van der Waals surface area contributed by atoms with Crippen molar-refractivity contribution in [1.82, 2.24) is 24.6 Å². The summed E-state index contributed by atoms with van der Waals surface area (Å²) in [5.41, 5.74) is 1.08. The molecular formula is C13H19N5OS. The first kappa shape index (κ1) is 13.7. The molecule has 1 aliphatic heterocycles. The zero-order valence-corrected chi connectivity index (χ0v) is 12.4. The van der Waals surface area contributed by atoms with Gasteiger partial charge < -0.3 is 4.74 Å². The molecule has 0 N–H and O–H groups in total. The highest BCUT2D eigenvalue weighted by Crippen LogP contribution is 2.25. The van der Waals surface area contributed by atoms with Crippen LogP contribution in [0, 0.1) is 6.92 Å². The molecule has 0 saturated carbocycles. The van der Waals surface area contributed by atoms with Crippen molar-refractivity contribution < 1.29 is 4.74 Å². The second-order valence-electron chi connectivity index (χ2n) is 5.00. The van der Waals surface area contributed by atoms with Gasteiger partial charge in [-0.2, -0.15) is 5.10 Å². The number of thiazole rings is 1. The molecule has 1 saturated heterocycles. The van der Waals surface area contributed by atoms with Gasteiger partial charge in [-0.05, 0) is 13.3 Å². The number of ether oxygens (including phenoxy) is 1. The maximum absolute atomic E-state index is 5.84. The van der Waals surface area contributed by atoms with Crippen LogP contribution < -0.4 is 0 Å². The van der Waals surface area contributed by atoms with Crippen molar-refractivity contribution in [2.24, 2.45) is 0 Å². The average molecular weight is 293 g/mol. The smallest absolute Gasteiger partial charge is 0.137 e. The highest BCUT2D eigenvalue weighted by Gasteiger charge is 2.23. The topological polar surface area (TPSA) is 56.1 Å². The standard InChI is InChI=1S/C13H19N5OS/c1-11-8-20-13(16-11)12-7-17(5-6-19-12)3-2-4-18-10-14-9-15-18/h8-10,12H,2-7H2,1H3/t12-/m0/s1. The SMILES string of the molecule is Cc1csc([C@@H]2CN(CCCn3cncn3)CCO2)n1. The highest BCUT2D eigenvalue weighted by atomic mass is 32.1. The van der Waals surface area contributed by atoms with Gasteiger partial charge in [0, 0.05) is 37.3 Å². The van der Waals surface area contributed by atoms with E-state index in [1.54, 1.807) is 24.0 Å². The van der Waals surface area contributed by atoms with Crippen LogP contribution in [0.2, 0.25) is 0 Å². The van der Waals surface area contributed by atoms with Gasteiger partial charge in [0.1, 0.15) is 23.8 Å². The maximum atomic E-state index is 5.84. The second-order valence-corrected chi connectivity index (χ2v) is 5.89. The molecule has 7 heteroatoms. The molecule has 0 aliphatic carbocycles. The summed E-state index contributed by atoms with van der Waals surface area (Å²) in [5, 5.41) is 7.30. The molecule has 0 radical (unpaired) electrons. The average Bonchev–Trinajstić information content (AvgIpc) is 3.11. The van der Waals surface area contributed by atoms with E-state index in [9.17, 15) is 0 Å². The Morgan fingerprint density at radius 1 is 1.45 bits per heavy atom. The van der Waals surface area contributed by atoms with Crippen molar-refractivity contribution in [3.05, 3.63) is 28.7 Å². The quantitative estimate of drug-likeness (QED) is 0.836. The number of aromatic nitrogens is 4. The molecule has 0 amide bonds. The minimum atomic E-state index is 0.133. The third kappa shape index (κ3) is 3.41. The van der Waals surface area contributed by atoms with Crippen LogP contribution in [0.3, 0.4) is 0 Å². The predicted octanol–water partition coefficient (Wildman–Crippen LogP) is 1.51. The third-order valence-corrected chi connectivity index (χ3v) is 4.45. The van der Waals surface area contributed by atoms with E-state index in [1.165, 1.54) is 0 Å². The maximum Gasteiger partial charge on any atom is 0.137 e. The minimum absolute atomic E-state index is 0.133. The van der Waals surface area contributed by atoms with Crippen molar-refractivity contribution in [1.29, 1.82) is 0 Å². The fourth-order valence-electron chi connectivity index (χ4n) is 2.38. The van der Waals surface area contributed by atoms with Gasteiger partial charge in [-0.1, -0.05) is 0 Å². The lowest BCUT2D eigenvalue weighted by Crippen LogP contribution is -2.39. The van der Waals surface area contributed by atoms with E-state index < -0.39 is 0 Å². The van der Waals surface area contributed by atoms with Crippen LogP contribution in [0.15, 0.2) is 18.0 Å². The van der Waals surface area contributed by atoms with Gasteiger partial charge in [-0.3, -0.25) is 9.58 Å². The van der Waals surface area contributed by atoms with Crippen LogP contribution >= 0.6 is 11.3 Å². The first-order valence-corrected chi connectivity index (χ1v) is 7.77. The van der Waals surface area contributed by atoms with E-state index in [-0.39, 0.29) is 6.10 Å². The lowest BCUT2D eigenvalue weighted by molar-refractivity contribution is -0.0306. The van der Waals surface area contributed by atoms with Gasteiger partial charge in [0.05, 0.1) is 6.61 Å². The van der Waals surface area contributed by atoms with Gasteiger partial charge in [-0.15, -0.1) is 11.3 Å². The highest BCUT2D eigenvalue weighted by molar-refractivity contribution is 7.09. The molecule has 108 valence electrons. The summed E-state index contributed by atoms with van der Waals surface area (Å²) in [7, 11) is 0. The molecule has 1 atom stereocenters. The van der Waals surface area contributed by atoms with Gasteiger partial charge in [-0.25, -0.2) is 9.97 Å². The summed E-state index contributed by atoms with van der Waals surface area (Å²) in [6, 6.07) is 0. The Morgan fingerprint density at radius 3 is 3.15 bits per heavy atom. The molecule has 1 aliphatic rings. The lowest BCUT2D eigenvalue weighted by Gasteiger charge is -2.31. The van der Waals surface area contributed by atoms with Gasteiger partial charge in [0.25, 0.3) is 0 Å². The Bertz CT molecular complexity index is 527. The largest absolute Gasteiger partial charge is 0.368 e. The Kier molecular flexibility index (Phi) is 4.39. The van der Waals surface area contributed by atoms with Crippen LogP contribution in [-0.2, 0) is 11.3 Å². The Morgan fingerprint density at radius 2 is 2.40 bits per heavy atom. The summed E-state index contributed by atoms with van der Waals surface area (Å²) in [5.74, 6) is 0. The molecule has 0 bridgehead atoms. The van der Waals surface area contributed by atoms with Crippen LogP contribution in [0.4, 0.5) is 0 Å². The molecule has 2 aromatic heterocycles. The van der Waals surface area contributed by atoms with Crippen molar-refractivity contribution >= 4 is 11.3 Å². The molecule has 0 spiro atoms. The first-order chi connectivity index (χ1) is 9.81. The van der Waals surface area contributed by atoms with Gasteiger partial charge in [0.2, 0.25) is 0 Å². The summed E-state index contributed by atoms with van der Waals surface area (Å²) in [6.45, 7) is 6.72. The predicted molar refractivity (Wildman–Crippen MR) is 76.6 cm³/mol. The fourth-order valence-corrected chi connectivity index (χ4v) is 3.21. The van der Waals surface area contributed by atoms with E-state index in [0.717, 1.165) is 49.9 Å².